The van der Waals surface area contributed by atoms with Crippen molar-refractivity contribution < 1.29 is 9.59 Å². The Morgan fingerprint density at radius 2 is 2.20 bits per heavy atom. The number of imide groups is 1. The average molecular weight is 308 g/mol. The smallest absolute Gasteiger partial charge is 0.236 e. The van der Waals surface area contributed by atoms with E-state index in [2.05, 4.69) is 29.4 Å². The Labute approximate surface area is 126 Å². The molecule has 0 bridgehead atoms. The Morgan fingerprint density at radius 1 is 1.40 bits per heavy atom. The van der Waals surface area contributed by atoms with E-state index in [4.69, 9.17) is 0 Å². The van der Waals surface area contributed by atoms with Crippen LogP contribution in [0, 0.1) is 0 Å². The van der Waals surface area contributed by atoms with Gasteiger partial charge in [-0.25, -0.2) is 4.98 Å². The minimum absolute atomic E-state index is 0.210. The molecular weight excluding hydrogens is 292 g/mol. The number of hydrogen-bond acceptors (Lipinski definition) is 5. The van der Waals surface area contributed by atoms with Gasteiger partial charge in [-0.05, 0) is 24.1 Å². The van der Waals surface area contributed by atoms with Crippen molar-refractivity contribution in [1.82, 2.24) is 10.3 Å². The van der Waals surface area contributed by atoms with Crippen LogP contribution in [0.1, 0.15) is 25.8 Å². The van der Waals surface area contributed by atoms with Crippen molar-refractivity contribution in [2.75, 3.05) is 5.75 Å². The lowest BCUT2D eigenvalue weighted by Gasteiger charge is -1.97. The molecule has 0 saturated carbocycles. The molecule has 2 amide bonds. The highest BCUT2D eigenvalue weighted by Crippen LogP contribution is 2.30. The lowest BCUT2D eigenvalue weighted by Crippen LogP contribution is -2.29. The van der Waals surface area contributed by atoms with E-state index >= 15 is 0 Å². The van der Waals surface area contributed by atoms with Crippen molar-refractivity contribution in [1.29, 1.82) is 0 Å². The van der Waals surface area contributed by atoms with E-state index in [9.17, 15) is 9.59 Å². The first-order chi connectivity index (χ1) is 9.58. The fourth-order valence-corrected chi connectivity index (χ4v) is 3.75. The third-order valence-corrected chi connectivity index (χ3v) is 4.78. The average Bonchev–Trinajstić information content (AvgIpc) is 2.78. The first-order valence-corrected chi connectivity index (χ1v) is 8.21. The van der Waals surface area contributed by atoms with Crippen molar-refractivity contribution >= 4 is 45.1 Å². The van der Waals surface area contributed by atoms with Crippen LogP contribution >= 0.6 is 23.1 Å². The zero-order chi connectivity index (χ0) is 14.5. The molecule has 0 unspecified atom stereocenters. The second-order valence-corrected chi connectivity index (χ2v) is 6.68. The van der Waals surface area contributed by atoms with Gasteiger partial charge in [-0.2, -0.15) is 0 Å². The lowest BCUT2D eigenvalue weighted by molar-refractivity contribution is -0.127. The van der Waals surface area contributed by atoms with E-state index < -0.39 is 0 Å². The van der Waals surface area contributed by atoms with Crippen LogP contribution in [-0.2, 0) is 16.0 Å². The predicted octanol–water partition coefficient (Wildman–Crippen LogP) is 3.00. The van der Waals surface area contributed by atoms with E-state index in [-0.39, 0.29) is 17.6 Å². The van der Waals surface area contributed by atoms with E-state index in [1.165, 1.54) is 24.2 Å². The molecular formula is C14H16N2O2S2. The number of nitrogens with one attached hydrogen (secondary N) is 1. The summed E-state index contributed by atoms with van der Waals surface area (Å²) in [7, 11) is 0. The molecule has 6 heteroatoms. The number of thiazole rings is 1. The van der Waals surface area contributed by atoms with Crippen molar-refractivity contribution in [3.63, 3.8) is 0 Å². The number of rotatable bonds is 5. The van der Waals surface area contributed by atoms with Crippen LogP contribution < -0.4 is 5.32 Å². The van der Waals surface area contributed by atoms with Crippen molar-refractivity contribution in [3.05, 3.63) is 23.8 Å². The maximum absolute atomic E-state index is 11.4. The Kier molecular flexibility index (Phi) is 5.14. The maximum atomic E-state index is 11.4. The Balaban J connectivity index is 2.04. The number of aryl methyl sites for hydroxylation is 1. The molecule has 1 heterocycles. The molecule has 0 aliphatic carbocycles. The summed E-state index contributed by atoms with van der Waals surface area (Å²) < 4.78 is 2.00. The number of amides is 2. The molecule has 0 atom stereocenters. The van der Waals surface area contributed by atoms with Gasteiger partial charge < -0.3 is 0 Å². The number of benzene rings is 1. The SMILES string of the molecule is CCCc1ccc2nc(SCC(=O)NC(C)=O)sc2c1. The van der Waals surface area contributed by atoms with E-state index in [1.54, 1.807) is 11.3 Å². The second kappa shape index (κ2) is 6.85. The largest absolute Gasteiger partial charge is 0.296 e. The molecule has 0 spiro atoms. The molecule has 0 fully saturated rings. The molecule has 2 aromatic rings. The number of carbonyl (C=O) groups is 2. The minimum Gasteiger partial charge on any atom is -0.296 e. The van der Waals surface area contributed by atoms with Gasteiger partial charge in [0, 0.05) is 6.92 Å². The monoisotopic (exact) mass is 308 g/mol. The standard InChI is InChI=1S/C14H16N2O2S2/c1-3-4-10-5-6-11-12(7-10)20-14(16-11)19-8-13(18)15-9(2)17/h5-7H,3-4,8H2,1-2H3,(H,15,17,18). The van der Waals surface area contributed by atoms with Crippen LogP contribution in [0.5, 0.6) is 0 Å². The number of nitrogens with zero attached hydrogens (tertiary/aromatic N) is 1. The van der Waals surface area contributed by atoms with Crippen LogP contribution in [0.3, 0.4) is 0 Å². The molecule has 0 aliphatic rings. The minimum atomic E-state index is -0.330. The fraction of sp³-hybridized carbons (Fsp3) is 0.357. The topological polar surface area (TPSA) is 59.1 Å². The maximum Gasteiger partial charge on any atom is 0.236 e. The molecule has 0 aliphatic heterocycles. The molecule has 0 saturated heterocycles. The predicted molar refractivity (Wildman–Crippen MR) is 83.2 cm³/mol. The molecule has 0 radical (unpaired) electrons. The van der Waals surface area contributed by atoms with Crippen LogP contribution in [-0.4, -0.2) is 22.6 Å². The third-order valence-electron chi connectivity index (χ3n) is 2.61. The van der Waals surface area contributed by atoms with Crippen LogP contribution in [0.4, 0.5) is 0 Å². The first kappa shape index (κ1) is 15.0. The van der Waals surface area contributed by atoms with Gasteiger partial charge in [0.05, 0.1) is 16.0 Å². The van der Waals surface area contributed by atoms with Gasteiger partial charge in [0.2, 0.25) is 11.8 Å². The van der Waals surface area contributed by atoms with Gasteiger partial charge >= 0.3 is 0 Å². The van der Waals surface area contributed by atoms with Crippen molar-refractivity contribution in [2.24, 2.45) is 0 Å². The van der Waals surface area contributed by atoms with E-state index in [0.717, 1.165) is 27.4 Å². The van der Waals surface area contributed by atoms with Crippen LogP contribution in [0.15, 0.2) is 22.5 Å². The molecule has 106 valence electrons. The van der Waals surface area contributed by atoms with Crippen molar-refractivity contribution in [3.8, 4) is 0 Å². The second-order valence-electron chi connectivity index (χ2n) is 4.42. The summed E-state index contributed by atoms with van der Waals surface area (Å²) in [5.41, 5.74) is 2.28. The fourth-order valence-electron chi connectivity index (χ4n) is 1.81. The zero-order valence-corrected chi connectivity index (χ0v) is 13.1. The lowest BCUT2D eigenvalue weighted by atomic mass is 10.1. The highest BCUT2D eigenvalue weighted by Gasteiger charge is 2.09. The Hall–Kier alpha value is -1.40. The van der Waals surface area contributed by atoms with Gasteiger partial charge in [0.1, 0.15) is 0 Å². The number of hydrogen-bond donors (Lipinski definition) is 1. The zero-order valence-electron chi connectivity index (χ0n) is 11.4. The number of fused-ring (bicyclic) bond motifs is 1. The molecule has 1 aromatic heterocycles. The summed E-state index contributed by atoms with van der Waals surface area (Å²) in [5.74, 6) is -0.404. The van der Waals surface area contributed by atoms with E-state index in [0.29, 0.717) is 0 Å². The summed E-state index contributed by atoms with van der Waals surface area (Å²) in [4.78, 5) is 26.6. The van der Waals surface area contributed by atoms with Gasteiger partial charge in [-0.3, -0.25) is 14.9 Å². The van der Waals surface area contributed by atoms with Gasteiger partial charge in [-0.15, -0.1) is 11.3 Å². The van der Waals surface area contributed by atoms with E-state index in [1.807, 2.05) is 6.07 Å². The summed E-state index contributed by atoms with van der Waals surface area (Å²) in [6.07, 6.45) is 2.19. The van der Waals surface area contributed by atoms with Crippen LogP contribution in [0.2, 0.25) is 0 Å². The molecule has 2 rings (SSSR count). The number of aromatic nitrogens is 1. The van der Waals surface area contributed by atoms with Crippen LogP contribution in [0.25, 0.3) is 10.2 Å². The number of thioether (sulfide) groups is 1. The van der Waals surface area contributed by atoms with Gasteiger partial charge in [0.15, 0.2) is 4.34 Å². The first-order valence-electron chi connectivity index (χ1n) is 6.41. The Bertz CT molecular complexity index is 637. The quantitative estimate of drug-likeness (QED) is 0.863. The Morgan fingerprint density at radius 3 is 2.90 bits per heavy atom. The molecule has 1 aromatic carbocycles. The summed E-state index contributed by atoms with van der Waals surface area (Å²) in [5, 5.41) is 2.25. The third kappa shape index (κ3) is 4.05. The summed E-state index contributed by atoms with van der Waals surface area (Å²) in [6, 6.07) is 6.29. The van der Waals surface area contributed by atoms with Gasteiger partial charge in [-0.1, -0.05) is 31.2 Å². The summed E-state index contributed by atoms with van der Waals surface area (Å²) >= 11 is 2.94. The highest BCUT2D eigenvalue weighted by atomic mass is 32.2. The van der Waals surface area contributed by atoms with Gasteiger partial charge in [0.25, 0.3) is 0 Å². The normalized spacial score (nSPS) is 10.7. The molecule has 20 heavy (non-hydrogen) atoms. The summed E-state index contributed by atoms with van der Waals surface area (Å²) in [6.45, 7) is 3.49. The molecule has 4 nitrogen and oxygen atoms in total. The molecule has 1 N–H and O–H groups in total. The number of carbonyl (C=O) groups excluding carboxylic acids is 2. The van der Waals surface area contributed by atoms with Crippen molar-refractivity contribution in [2.45, 2.75) is 31.0 Å². The highest BCUT2D eigenvalue weighted by molar-refractivity contribution is 8.01.